The molecule has 51 heavy (non-hydrogen) atoms. The highest BCUT2D eigenvalue weighted by molar-refractivity contribution is 8.02. The maximum absolute atomic E-state index is 12.6. The van der Waals surface area contributed by atoms with Gasteiger partial charge in [0.05, 0.1) is 64.5 Å². The van der Waals surface area contributed by atoms with Gasteiger partial charge in [-0.3, -0.25) is 0 Å². The second-order valence-corrected chi connectivity index (χ2v) is 16.5. The molecule has 3 aliphatic rings. The lowest BCUT2D eigenvalue weighted by atomic mass is 10.1. The van der Waals surface area contributed by atoms with E-state index < -0.39 is 35.2 Å². The predicted molar refractivity (Wildman–Crippen MR) is 203 cm³/mol. The minimum Gasteiger partial charge on any atom is -0.348 e. The molecule has 3 nitrogen and oxygen atoms in total. The molecule has 6 rings (SSSR count). The standard InChI is InChI=1S/C12H12F3NS2.C11H10F3NS2.C10H8F3NS2/c1-2-3-10-11(17)16-8-6-7(12(13,14)15)4-5-9(8)18-10;1-2-8-10(16)15-7-5-6(11(12,13)14)3-4-9(7)17-8;1-5-9(15)14-7-4-6(10(11,12)13)2-3-8(7)16-5/h4-6,10H,2-3H2,1H3,(H,16,17);3-5,8H,2H2,1H3,(H,15,16);2-5H,1H3,(H,14,15). The van der Waals surface area contributed by atoms with Crippen LogP contribution in [0, 0.1) is 0 Å². The van der Waals surface area contributed by atoms with Crippen molar-refractivity contribution in [3.63, 3.8) is 0 Å². The Kier molecular flexibility index (Phi) is 13.7. The van der Waals surface area contributed by atoms with Crippen LogP contribution in [0.25, 0.3) is 0 Å². The second kappa shape index (κ2) is 16.8. The highest BCUT2D eigenvalue weighted by Crippen LogP contribution is 2.43. The van der Waals surface area contributed by atoms with Crippen molar-refractivity contribution in [1.29, 1.82) is 0 Å². The van der Waals surface area contributed by atoms with Gasteiger partial charge in [0.25, 0.3) is 0 Å². The molecule has 3 N–H and O–H groups in total. The first-order chi connectivity index (χ1) is 23.7. The Morgan fingerprint density at radius 3 is 1.27 bits per heavy atom. The first-order valence-corrected chi connectivity index (χ1v) is 19.1. The first kappa shape index (κ1) is 41.5. The van der Waals surface area contributed by atoms with Gasteiger partial charge in [-0.15, -0.1) is 35.3 Å². The zero-order chi connectivity index (χ0) is 37.9. The fourth-order valence-corrected chi connectivity index (χ4v) is 8.97. The number of hydrogen-bond acceptors (Lipinski definition) is 6. The molecule has 3 atom stereocenters. The SMILES string of the molecule is CC1Sc2ccc(C(F)(F)F)cc2NC1=S.CCC1Sc2ccc(C(F)(F)F)cc2NC1=S.CCCC1Sc2ccc(C(F)(F)F)cc2NC1=S. The Balaban J connectivity index is 0.000000172. The number of benzene rings is 3. The van der Waals surface area contributed by atoms with Crippen molar-refractivity contribution >= 4 is 104 Å². The number of alkyl halides is 9. The van der Waals surface area contributed by atoms with Gasteiger partial charge in [-0.1, -0.05) is 56.9 Å². The topological polar surface area (TPSA) is 36.1 Å². The molecule has 3 heterocycles. The van der Waals surface area contributed by atoms with Gasteiger partial charge in [0.2, 0.25) is 0 Å². The van der Waals surface area contributed by atoms with Crippen LogP contribution in [0.1, 0.15) is 56.7 Å². The average Bonchev–Trinajstić information content (AvgIpc) is 3.04. The van der Waals surface area contributed by atoms with Crippen LogP contribution in [-0.4, -0.2) is 30.7 Å². The van der Waals surface area contributed by atoms with Gasteiger partial charge in [0, 0.05) is 14.7 Å². The molecule has 0 saturated carbocycles. The third-order valence-corrected chi connectivity index (χ3v) is 13.1. The van der Waals surface area contributed by atoms with Crippen LogP contribution in [0.5, 0.6) is 0 Å². The summed E-state index contributed by atoms with van der Waals surface area (Å²) < 4.78 is 113. The molecule has 0 spiro atoms. The predicted octanol–water partition coefficient (Wildman–Crippen LogP) is 13.0. The Labute approximate surface area is 318 Å². The zero-order valence-electron chi connectivity index (χ0n) is 26.9. The van der Waals surface area contributed by atoms with Crippen molar-refractivity contribution in [1.82, 2.24) is 0 Å². The van der Waals surface area contributed by atoms with Gasteiger partial charge in [0.1, 0.15) is 0 Å². The fourth-order valence-electron chi connectivity index (χ4n) is 4.76. The normalized spacial score (nSPS) is 19.8. The molecule has 3 aromatic rings. The van der Waals surface area contributed by atoms with Crippen molar-refractivity contribution in [3.05, 3.63) is 71.3 Å². The van der Waals surface area contributed by atoms with E-state index in [0.29, 0.717) is 32.0 Å². The minimum absolute atomic E-state index is 0.0965. The fraction of sp³-hybridized carbons (Fsp3) is 0.364. The van der Waals surface area contributed by atoms with Crippen molar-refractivity contribution < 1.29 is 39.5 Å². The number of rotatable bonds is 3. The van der Waals surface area contributed by atoms with Crippen LogP contribution >= 0.6 is 71.9 Å². The zero-order valence-corrected chi connectivity index (χ0v) is 31.8. The van der Waals surface area contributed by atoms with E-state index in [-0.39, 0.29) is 15.7 Å². The molecule has 0 radical (unpaired) electrons. The van der Waals surface area contributed by atoms with E-state index in [1.807, 2.05) is 13.8 Å². The maximum Gasteiger partial charge on any atom is 0.416 e. The van der Waals surface area contributed by atoms with Crippen molar-refractivity contribution in [2.75, 3.05) is 16.0 Å². The molecule has 0 amide bonds. The lowest BCUT2D eigenvalue weighted by Gasteiger charge is -2.26. The van der Waals surface area contributed by atoms with Crippen molar-refractivity contribution in [3.8, 4) is 0 Å². The lowest BCUT2D eigenvalue weighted by molar-refractivity contribution is -0.138. The van der Waals surface area contributed by atoms with Gasteiger partial charge in [-0.2, -0.15) is 39.5 Å². The molecule has 0 fully saturated rings. The van der Waals surface area contributed by atoms with E-state index in [1.165, 1.54) is 53.5 Å². The van der Waals surface area contributed by atoms with Crippen LogP contribution in [-0.2, 0) is 18.5 Å². The number of thioether (sulfide) groups is 3. The molecule has 3 unspecified atom stereocenters. The minimum atomic E-state index is -4.32. The van der Waals surface area contributed by atoms with Gasteiger partial charge < -0.3 is 16.0 Å². The summed E-state index contributed by atoms with van der Waals surface area (Å²) in [6, 6.07) is 11.1. The van der Waals surface area contributed by atoms with Crippen molar-refractivity contribution in [2.45, 2.75) is 89.0 Å². The summed E-state index contributed by atoms with van der Waals surface area (Å²) in [5, 5.41) is 9.04. The highest BCUT2D eigenvalue weighted by atomic mass is 32.2. The molecule has 0 aliphatic carbocycles. The molecule has 276 valence electrons. The van der Waals surface area contributed by atoms with E-state index in [4.69, 9.17) is 36.7 Å². The molecule has 0 aromatic heterocycles. The summed E-state index contributed by atoms with van der Waals surface area (Å²) >= 11 is 19.9. The average molecular weight is 832 g/mol. The third kappa shape index (κ3) is 10.9. The Morgan fingerprint density at radius 2 is 0.902 bits per heavy atom. The number of fused-ring (bicyclic) bond motifs is 3. The Bertz CT molecular complexity index is 1780. The summed E-state index contributed by atoms with van der Waals surface area (Å²) in [5.74, 6) is 0. The third-order valence-electron chi connectivity index (χ3n) is 7.41. The van der Waals surface area contributed by atoms with Gasteiger partial charge >= 0.3 is 18.5 Å². The number of thiocarbonyl (C=S) groups is 3. The van der Waals surface area contributed by atoms with E-state index in [9.17, 15) is 39.5 Å². The molecular formula is C33H30F9N3S6. The summed E-state index contributed by atoms with van der Waals surface area (Å²) in [7, 11) is 0. The first-order valence-electron chi connectivity index (χ1n) is 15.3. The molecule has 3 aliphatic heterocycles. The molecule has 3 aromatic carbocycles. The molecule has 0 saturated heterocycles. The van der Waals surface area contributed by atoms with E-state index >= 15 is 0 Å². The smallest absolute Gasteiger partial charge is 0.348 e. The van der Waals surface area contributed by atoms with Crippen LogP contribution in [0.15, 0.2) is 69.3 Å². The van der Waals surface area contributed by atoms with Gasteiger partial charge in [0.15, 0.2) is 0 Å². The molecule has 0 bridgehead atoms. The van der Waals surface area contributed by atoms with E-state index in [1.54, 1.807) is 0 Å². The lowest BCUT2D eigenvalue weighted by Crippen LogP contribution is -2.27. The number of hydrogen-bond donors (Lipinski definition) is 3. The van der Waals surface area contributed by atoms with Gasteiger partial charge in [-0.25, -0.2) is 0 Å². The summed E-state index contributed by atoms with van der Waals surface area (Å²) in [4.78, 5) is 4.23. The van der Waals surface area contributed by atoms with Crippen molar-refractivity contribution in [2.24, 2.45) is 0 Å². The number of anilines is 3. The summed E-state index contributed by atoms with van der Waals surface area (Å²) in [6.07, 6.45) is -10.2. The number of nitrogens with one attached hydrogen (secondary N) is 3. The van der Waals surface area contributed by atoms with Crippen LogP contribution in [0.4, 0.5) is 56.6 Å². The Morgan fingerprint density at radius 1 is 0.549 bits per heavy atom. The Hall–Kier alpha value is -2.25. The van der Waals surface area contributed by atoms with E-state index in [0.717, 1.165) is 70.3 Å². The highest BCUT2D eigenvalue weighted by Gasteiger charge is 2.35. The molecule has 18 heteroatoms. The van der Waals surface area contributed by atoms with Gasteiger partial charge in [-0.05, 0) is 74.4 Å². The summed E-state index contributed by atoms with van der Waals surface area (Å²) in [6.45, 7) is 5.98. The molecular weight excluding hydrogens is 802 g/mol. The van der Waals surface area contributed by atoms with Crippen LogP contribution < -0.4 is 16.0 Å². The number of halogens is 9. The monoisotopic (exact) mass is 831 g/mol. The van der Waals surface area contributed by atoms with Crippen LogP contribution in [0.3, 0.4) is 0 Å². The maximum atomic E-state index is 12.6. The summed E-state index contributed by atoms with van der Waals surface area (Å²) in [5.41, 5.74) is -0.584. The van der Waals surface area contributed by atoms with E-state index in [2.05, 4.69) is 22.9 Å². The largest absolute Gasteiger partial charge is 0.416 e. The second-order valence-electron chi connectivity index (χ2n) is 11.3. The quantitative estimate of drug-likeness (QED) is 0.177. The van der Waals surface area contributed by atoms with Crippen LogP contribution in [0.2, 0.25) is 0 Å².